The normalized spacial score (nSPS) is 11.7. The van der Waals surface area contributed by atoms with Gasteiger partial charge in [0.2, 0.25) is 10.0 Å². The molecule has 130 valence electrons. The molecule has 0 aliphatic carbocycles. The molecule has 0 radical (unpaired) electrons. The SMILES string of the molecule is COc1cc(C)c(S(=O)(=O)NCCc2ccccc2)cc1C(C)C. The van der Waals surface area contributed by atoms with Gasteiger partial charge in [0.25, 0.3) is 0 Å². The van der Waals surface area contributed by atoms with E-state index in [1.54, 1.807) is 26.2 Å². The Labute approximate surface area is 144 Å². The number of benzene rings is 2. The van der Waals surface area contributed by atoms with E-state index in [4.69, 9.17) is 4.74 Å². The summed E-state index contributed by atoms with van der Waals surface area (Å²) in [6.45, 7) is 6.20. The first-order chi connectivity index (χ1) is 11.3. The third-order valence-corrected chi connectivity index (χ3v) is 5.59. The molecule has 0 saturated carbocycles. The maximum Gasteiger partial charge on any atom is 0.240 e. The van der Waals surface area contributed by atoms with Crippen LogP contribution < -0.4 is 9.46 Å². The quantitative estimate of drug-likeness (QED) is 0.832. The van der Waals surface area contributed by atoms with Crippen LogP contribution in [0.15, 0.2) is 47.4 Å². The fourth-order valence-corrected chi connectivity index (χ4v) is 3.94. The van der Waals surface area contributed by atoms with Crippen molar-refractivity contribution in [1.29, 1.82) is 0 Å². The number of sulfonamides is 1. The molecule has 0 aromatic heterocycles. The van der Waals surface area contributed by atoms with Gasteiger partial charge in [-0.1, -0.05) is 44.2 Å². The van der Waals surface area contributed by atoms with Gasteiger partial charge in [-0.25, -0.2) is 13.1 Å². The van der Waals surface area contributed by atoms with Crippen molar-refractivity contribution in [2.45, 2.75) is 38.0 Å². The predicted octanol–water partition coefficient (Wildman–Crippen LogP) is 3.65. The summed E-state index contributed by atoms with van der Waals surface area (Å²) in [5.41, 5.74) is 2.68. The zero-order chi connectivity index (χ0) is 17.7. The van der Waals surface area contributed by atoms with E-state index in [1.165, 1.54) is 0 Å². The maximum atomic E-state index is 12.7. The summed E-state index contributed by atoms with van der Waals surface area (Å²) < 4.78 is 33.4. The first kappa shape index (κ1) is 18.5. The summed E-state index contributed by atoms with van der Waals surface area (Å²) in [6, 6.07) is 13.3. The van der Waals surface area contributed by atoms with Crippen LogP contribution in [0.2, 0.25) is 0 Å². The van der Waals surface area contributed by atoms with Crippen molar-refractivity contribution in [3.05, 3.63) is 59.2 Å². The monoisotopic (exact) mass is 347 g/mol. The fraction of sp³-hybridized carbons (Fsp3) is 0.368. The van der Waals surface area contributed by atoms with Gasteiger partial charge in [0.1, 0.15) is 5.75 Å². The van der Waals surface area contributed by atoms with Gasteiger partial charge >= 0.3 is 0 Å². The smallest absolute Gasteiger partial charge is 0.240 e. The summed E-state index contributed by atoms with van der Waals surface area (Å²) in [5, 5.41) is 0. The Hall–Kier alpha value is -1.85. The third-order valence-electron chi connectivity index (χ3n) is 3.99. The number of methoxy groups -OCH3 is 1. The predicted molar refractivity (Wildman–Crippen MR) is 97.2 cm³/mol. The minimum absolute atomic E-state index is 0.179. The summed E-state index contributed by atoms with van der Waals surface area (Å²) in [5.74, 6) is 0.907. The Balaban J connectivity index is 2.20. The van der Waals surface area contributed by atoms with Crippen molar-refractivity contribution < 1.29 is 13.2 Å². The first-order valence-electron chi connectivity index (χ1n) is 8.07. The second kappa shape index (κ2) is 7.81. The highest BCUT2D eigenvalue weighted by Gasteiger charge is 2.20. The number of rotatable bonds is 7. The number of hydrogen-bond donors (Lipinski definition) is 1. The molecule has 0 spiro atoms. The number of aryl methyl sites for hydroxylation is 1. The Morgan fingerprint density at radius 1 is 1.12 bits per heavy atom. The molecule has 0 amide bonds. The lowest BCUT2D eigenvalue weighted by molar-refractivity contribution is 0.406. The van der Waals surface area contributed by atoms with Gasteiger partial charge in [-0.3, -0.25) is 0 Å². The fourth-order valence-electron chi connectivity index (χ4n) is 2.65. The van der Waals surface area contributed by atoms with Crippen molar-refractivity contribution in [3.63, 3.8) is 0 Å². The largest absolute Gasteiger partial charge is 0.496 e. The molecule has 0 unspecified atom stereocenters. The van der Waals surface area contributed by atoms with Gasteiger partial charge in [0.05, 0.1) is 12.0 Å². The van der Waals surface area contributed by atoms with Crippen LogP contribution >= 0.6 is 0 Å². The van der Waals surface area contributed by atoms with Crippen molar-refractivity contribution in [1.82, 2.24) is 4.72 Å². The average molecular weight is 347 g/mol. The van der Waals surface area contributed by atoms with E-state index in [1.807, 2.05) is 44.2 Å². The van der Waals surface area contributed by atoms with Gasteiger partial charge in [-0.2, -0.15) is 0 Å². The molecule has 0 saturated heterocycles. The van der Waals surface area contributed by atoms with Crippen LogP contribution in [0.4, 0.5) is 0 Å². The van der Waals surface area contributed by atoms with E-state index < -0.39 is 10.0 Å². The molecule has 2 aromatic carbocycles. The molecular formula is C19H25NO3S. The highest BCUT2D eigenvalue weighted by atomic mass is 32.2. The summed E-state index contributed by atoms with van der Waals surface area (Å²) in [4.78, 5) is 0.320. The van der Waals surface area contributed by atoms with Crippen LogP contribution in [0.5, 0.6) is 5.75 Å². The molecule has 2 rings (SSSR count). The molecule has 0 atom stereocenters. The maximum absolute atomic E-state index is 12.7. The number of hydrogen-bond acceptors (Lipinski definition) is 3. The van der Waals surface area contributed by atoms with Crippen LogP contribution in [0.3, 0.4) is 0 Å². The second-order valence-corrected chi connectivity index (χ2v) is 7.88. The van der Waals surface area contributed by atoms with E-state index in [9.17, 15) is 8.42 Å². The first-order valence-corrected chi connectivity index (χ1v) is 9.55. The molecule has 2 aromatic rings. The molecule has 1 N–H and O–H groups in total. The molecule has 0 bridgehead atoms. The van der Waals surface area contributed by atoms with Crippen LogP contribution in [-0.4, -0.2) is 22.1 Å². The second-order valence-electron chi connectivity index (χ2n) is 6.15. The molecule has 24 heavy (non-hydrogen) atoms. The zero-order valence-corrected chi connectivity index (χ0v) is 15.5. The van der Waals surface area contributed by atoms with Crippen LogP contribution in [0.1, 0.15) is 36.5 Å². The summed E-state index contributed by atoms with van der Waals surface area (Å²) in [6.07, 6.45) is 0.659. The van der Waals surface area contributed by atoms with Crippen molar-refractivity contribution >= 4 is 10.0 Å². The Bertz CT molecular complexity index is 784. The van der Waals surface area contributed by atoms with Gasteiger partial charge in [-0.05, 0) is 48.1 Å². The molecule has 0 fully saturated rings. The number of ether oxygens (including phenoxy) is 1. The lowest BCUT2D eigenvalue weighted by Crippen LogP contribution is -2.26. The van der Waals surface area contributed by atoms with Crippen molar-refractivity contribution in [3.8, 4) is 5.75 Å². The molecule has 0 aliphatic heterocycles. The van der Waals surface area contributed by atoms with E-state index in [0.29, 0.717) is 23.4 Å². The average Bonchev–Trinajstić information content (AvgIpc) is 2.54. The van der Waals surface area contributed by atoms with E-state index in [0.717, 1.165) is 16.9 Å². The van der Waals surface area contributed by atoms with E-state index >= 15 is 0 Å². The summed E-state index contributed by atoms with van der Waals surface area (Å²) >= 11 is 0. The minimum atomic E-state index is -3.55. The highest BCUT2D eigenvalue weighted by molar-refractivity contribution is 7.89. The van der Waals surface area contributed by atoms with Gasteiger partial charge in [0.15, 0.2) is 0 Å². The van der Waals surface area contributed by atoms with E-state index in [-0.39, 0.29) is 5.92 Å². The lowest BCUT2D eigenvalue weighted by Gasteiger charge is -2.16. The van der Waals surface area contributed by atoms with Crippen molar-refractivity contribution in [2.24, 2.45) is 0 Å². The minimum Gasteiger partial charge on any atom is -0.496 e. The molecular weight excluding hydrogens is 322 g/mol. The Kier molecular flexibility index (Phi) is 6.02. The molecule has 0 aliphatic rings. The standard InChI is InChI=1S/C19H25NO3S/c1-14(2)17-13-19(15(3)12-18(17)23-4)24(21,22)20-11-10-16-8-6-5-7-9-16/h5-9,12-14,20H,10-11H2,1-4H3. The van der Waals surface area contributed by atoms with Gasteiger partial charge in [-0.15, -0.1) is 0 Å². The highest BCUT2D eigenvalue weighted by Crippen LogP contribution is 2.31. The molecule has 0 heterocycles. The third kappa shape index (κ3) is 4.36. The van der Waals surface area contributed by atoms with Crippen molar-refractivity contribution in [2.75, 3.05) is 13.7 Å². The lowest BCUT2D eigenvalue weighted by atomic mass is 10.0. The zero-order valence-electron chi connectivity index (χ0n) is 14.7. The topological polar surface area (TPSA) is 55.4 Å². The summed E-state index contributed by atoms with van der Waals surface area (Å²) in [7, 11) is -1.94. The van der Waals surface area contributed by atoms with Crippen LogP contribution in [-0.2, 0) is 16.4 Å². The molecule has 5 heteroatoms. The van der Waals surface area contributed by atoms with Crippen LogP contribution in [0, 0.1) is 6.92 Å². The van der Waals surface area contributed by atoms with Gasteiger partial charge in [0, 0.05) is 6.54 Å². The Morgan fingerprint density at radius 3 is 2.38 bits per heavy atom. The number of nitrogens with one attached hydrogen (secondary N) is 1. The Morgan fingerprint density at radius 2 is 1.79 bits per heavy atom. The van der Waals surface area contributed by atoms with Gasteiger partial charge < -0.3 is 4.74 Å². The van der Waals surface area contributed by atoms with E-state index in [2.05, 4.69) is 4.72 Å². The van der Waals surface area contributed by atoms with Crippen LogP contribution in [0.25, 0.3) is 0 Å². The molecule has 4 nitrogen and oxygen atoms in total.